The van der Waals surface area contributed by atoms with E-state index in [0.29, 0.717) is 24.4 Å². The number of para-hydroxylation sites is 2. The first-order chi connectivity index (χ1) is 14.2. The number of hydrogen-bond donors (Lipinski definition) is 1. The van der Waals surface area contributed by atoms with Gasteiger partial charge in [0.25, 0.3) is 5.91 Å². The maximum absolute atomic E-state index is 12.5. The number of aryl methyl sites for hydroxylation is 1. The molecule has 1 heterocycles. The minimum Gasteiger partial charge on any atom is -0.497 e. The highest BCUT2D eigenvalue weighted by Gasteiger charge is 2.13. The molecular formula is C24H23N3O2. The molecule has 4 rings (SSSR count). The van der Waals surface area contributed by atoms with Crippen LogP contribution in [0.2, 0.25) is 0 Å². The van der Waals surface area contributed by atoms with E-state index in [2.05, 4.69) is 47.1 Å². The number of fused-ring (bicyclic) bond motifs is 1. The van der Waals surface area contributed by atoms with Gasteiger partial charge in [-0.1, -0.05) is 48.0 Å². The first-order valence-electron chi connectivity index (χ1n) is 9.60. The van der Waals surface area contributed by atoms with Crippen LogP contribution < -0.4 is 10.1 Å². The number of nitrogens with one attached hydrogen (secondary N) is 1. The molecule has 0 aliphatic carbocycles. The van der Waals surface area contributed by atoms with Gasteiger partial charge in [-0.25, -0.2) is 4.98 Å². The Morgan fingerprint density at radius 1 is 1.03 bits per heavy atom. The summed E-state index contributed by atoms with van der Waals surface area (Å²) in [4.78, 5) is 17.3. The van der Waals surface area contributed by atoms with Gasteiger partial charge in [-0.05, 0) is 37.3 Å². The summed E-state index contributed by atoms with van der Waals surface area (Å²) in [5, 5.41) is 3.00. The molecule has 0 unspecified atom stereocenters. The second-order valence-electron chi connectivity index (χ2n) is 6.93. The van der Waals surface area contributed by atoms with Crippen LogP contribution in [0.5, 0.6) is 5.75 Å². The van der Waals surface area contributed by atoms with E-state index in [4.69, 9.17) is 9.72 Å². The molecule has 3 aromatic carbocycles. The average Bonchev–Trinajstić information content (AvgIpc) is 3.13. The van der Waals surface area contributed by atoms with E-state index in [1.54, 1.807) is 19.2 Å². The fourth-order valence-electron chi connectivity index (χ4n) is 3.37. The van der Waals surface area contributed by atoms with Crippen molar-refractivity contribution in [2.75, 3.05) is 13.7 Å². The standard InChI is InChI=1S/C24H23N3O2/c1-17-10-12-18(13-11-17)23-26-21-8-3-4-9-22(21)27(23)15-14-25-24(28)19-6-5-7-20(16-19)29-2/h3-13,16H,14-15H2,1-2H3,(H,25,28). The highest BCUT2D eigenvalue weighted by Crippen LogP contribution is 2.25. The van der Waals surface area contributed by atoms with Gasteiger partial charge in [0, 0.05) is 24.2 Å². The zero-order valence-corrected chi connectivity index (χ0v) is 16.6. The molecule has 0 fully saturated rings. The van der Waals surface area contributed by atoms with Gasteiger partial charge in [0.1, 0.15) is 11.6 Å². The Morgan fingerprint density at radius 2 is 1.83 bits per heavy atom. The van der Waals surface area contributed by atoms with Crippen LogP contribution in [0.4, 0.5) is 0 Å². The Kier molecular flexibility index (Phi) is 5.29. The number of carbonyl (C=O) groups is 1. The summed E-state index contributed by atoms with van der Waals surface area (Å²) in [7, 11) is 1.59. The molecule has 146 valence electrons. The van der Waals surface area contributed by atoms with E-state index >= 15 is 0 Å². The van der Waals surface area contributed by atoms with E-state index in [0.717, 1.165) is 22.4 Å². The molecule has 0 radical (unpaired) electrons. The van der Waals surface area contributed by atoms with Crippen LogP contribution in [0.25, 0.3) is 22.4 Å². The quantitative estimate of drug-likeness (QED) is 0.533. The Balaban J connectivity index is 1.56. The lowest BCUT2D eigenvalue weighted by molar-refractivity contribution is 0.0952. The summed E-state index contributed by atoms with van der Waals surface area (Å²) in [6.45, 7) is 3.19. The predicted molar refractivity (Wildman–Crippen MR) is 115 cm³/mol. The van der Waals surface area contributed by atoms with Gasteiger partial charge >= 0.3 is 0 Å². The maximum atomic E-state index is 12.5. The molecule has 1 N–H and O–H groups in total. The maximum Gasteiger partial charge on any atom is 0.251 e. The number of hydrogen-bond acceptors (Lipinski definition) is 3. The van der Waals surface area contributed by atoms with E-state index in [1.165, 1.54) is 5.56 Å². The van der Waals surface area contributed by atoms with Crippen molar-refractivity contribution >= 4 is 16.9 Å². The van der Waals surface area contributed by atoms with Crippen LogP contribution in [-0.2, 0) is 6.54 Å². The fraction of sp³-hybridized carbons (Fsp3) is 0.167. The third kappa shape index (κ3) is 3.99. The molecule has 0 bridgehead atoms. The molecule has 0 spiro atoms. The van der Waals surface area contributed by atoms with Gasteiger partial charge in [-0.2, -0.15) is 0 Å². The van der Waals surface area contributed by atoms with Crippen molar-refractivity contribution in [3.63, 3.8) is 0 Å². The molecule has 0 atom stereocenters. The number of ether oxygens (including phenoxy) is 1. The van der Waals surface area contributed by atoms with Crippen molar-refractivity contribution in [3.8, 4) is 17.1 Å². The second kappa shape index (κ2) is 8.19. The van der Waals surface area contributed by atoms with Gasteiger partial charge in [0.15, 0.2) is 0 Å². The summed E-state index contributed by atoms with van der Waals surface area (Å²) in [5.41, 5.74) is 4.85. The van der Waals surface area contributed by atoms with Gasteiger partial charge in [-0.15, -0.1) is 0 Å². The normalized spacial score (nSPS) is 10.8. The summed E-state index contributed by atoms with van der Waals surface area (Å²) < 4.78 is 7.36. The highest BCUT2D eigenvalue weighted by molar-refractivity contribution is 5.94. The van der Waals surface area contributed by atoms with Crippen molar-refractivity contribution in [2.45, 2.75) is 13.5 Å². The lowest BCUT2D eigenvalue weighted by Gasteiger charge is -2.11. The number of benzene rings is 3. The molecule has 5 heteroatoms. The van der Waals surface area contributed by atoms with E-state index in [1.807, 2.05) is 30.3 Å². The number of carbonyl (C=O) groups excluding carboxylic acids is 1. The van der Waals surface area contributed by atoms with Gasteiger partial charge in [-0.3, -0.25) is 4.79 Å². The number of nitrogens with zero attached hydrogens (tertiary/aromatic N) is 2. The van der Waals surface area contributed by atoms with E-state index in [-0.39, 0.29) is 5.91 Å². The van der Waals surface area contributed by atoms with Crippen LogP contribution in [0.1, 0.15) is 15.9 Å². The van der Waals surface area contributed by atoms with Gasteiger partial charge in [0.05, 0.1) is 18.1 Å². The minimum atomic E-state index is -0.120. The first kappa shape index (κ1) is 18.7. The Labute approximate surface area is 170 Å². The molecule has 1 amide bonds. The van der Waals surface area contributed by atoms with Crippen molar-refractivity contribution in [2.24, 2.45) is 0 Å². The van der Waals surface area contributed by atoms with E-state index in [9.17, 15) is 4.79 Å². The Hall–Kier alpha value is -3.60. The average molecular weight is 385 g/mol. The smallest absolute Gasteiger partial charge is 0.251 e. The molecule has 1 aromatic heterocycles. The molecule has 29 heavy (non-hydrogen) atoms. The summed E-state index contributed by atoms with van der Waals surface area (Å²) >= 11 is 0. The topological polar surface area (TPSA) is 56.1 Å². The number of aromatic nitrogens is 2. The van der Waals surface area contributed by atoms with Crippen molar-refractivity contribution in [1.82, 2.24) is 14.9 Å². The molecule has 0 aliphatic heterocycles. The zero-order chi connectivity index (χ0) is 20.2. The minimum absolute atomic E-state index is 0.120. The number of methoxy groups -OCH3 is 1. The molecule has 0 aliphatic rings. The molecule has 4 aromatic rings. The first-order valence-corrected chi connectivity index (χ1v) is 9.60. The van der Waals surface area contributed by atoms with Gasteiger partial charge < -0.3 is 14.6 Å². The number of amides is 1. The predicted octanol–water partition coefficient (Wildman–Crippen LogP) is 4.45. The summed E-state index contributed by atoms with van der Waals surface area (Å²) in [6, 6.07) is 23.6. The molecule has 0 saturated heterocycles. The highest BCUT2D eigenvalue weighted by atomic mass is 16.5. The molecule has 5 nitrogen and oxygen atoms in total. The van der Waals surface area contributed by atoms with Crippen LogP contribution >= 0.6 is 0 Å². The summed E-state index contributed by atoms with van der Waals surface area (Å²) in [6.07, 6.45) is 0. The van der Waals surface area contributed by atoms with Crippen molar-refractivity contribution < 1.29 is 9.53 Å². The number of rotatable bonds is 6. The van der Waals surface area contributed by atoms with Crippen molar-refractivity contribution in [3.05, 3.63) is 83.9 Å². The Morgan fingerprint density at radius 3 is 2.62 bits per heavy atom. The van der Waals surface area contributed by atoms with Crippen molar-refractivity contribution in [1.29, 1.82) is 0 Å². The van der Waals surface area contributed by atoms with E-state index < -0.39 is 0 Å². The Bertz CT molecular complexity index is 1150. The van der Waals surface area contributed by atoms with Crippen LogP contribution in [0.3, 0.4) is 0 Å². The van der Waals surface area contributed by atoms with Crippen LogP contribution in [0.15, 0.2) is 72.8 Å². The molecule has 0 saturated carbocycles. The third-order valence-electron chi connectivity index (χ3n) is 4.92. The fourth-order valence-corrected chi connectivity index (χ4v) is 3.37. The monoisotopic (exact) mass is 385 g/mol. The van der Waals surface area contributed by atoms with Gasteiger partial charge in [0.2, 0.25) is 0 Å². The zero-order valence-electron chi connectivity index (χ0n) is 16.6. The van der Waals surface area contributed by atoms with Crippen LogP contribution in [-0.4, -0.2) is 29.1 Å². The molecular weight excluding hydrogens is 362 g/mol. The number of imidazole rings is 1. The third-order valence-corrected chi connectivity index (χ3v) is 4.92. The second-order valence-corrected chi connectivity index (χ2v) is 6.93. The summed E-state index contributed by atoms with van der Waals surface area (Å²) in [5.74, 6) is 1.45. The lowest BCUT2D eigenvalue weighted by atomic mass is 10.1. The largest absolute Gasteiger partial charge is 0.497 e. The SMILES string of the molecule is COc1cccc(C(=O)NCCn2c(-c3ccc(C)cc3)nc3ccccc32)c1. The lowest BCUT2D eigenvalue weighted by Crippen LogP contribution is -2.27. The van der Waals surface area contributed by atoms with Crippen LogP contribution in [0, 0.1) is 6.92 Å².